The van der Waals surface area contributed by atoms with E-state index in [0.717, 1.165) is 6.07 Å². The molecule has 0 amide bonds. The molecular weight excluding hydrogens is 531 g/mol. The van der Waals surface area contributed by atoms with E-state index in [1.54, 1.807) is 61.5 Å². The fourth-order valence-electron chi connectivity index (χ4n) is 4.04. The maximum Gasteiger partial charge on any atom is 0.432 e. The number of pyridine rings is 1. The number of hydrogen-bond acceptors (Lipinski definition) is 6. The largest absolute Gasteiger partial charge is 0.457 e. The lowest BCUT2D eigenvalue weighted by Crippen LogP contribution is -2.05. The average Bonchev–Trinajstić information content (AvgIpc) is 3.45. The number of para-hydroxylation sites is 2. The van der Waals surface area contributed by atoms with Gasteiger partial charge >= 0.3 is 6.18 Å². The van der Waals surface area contributed by atoms with E-state index in [9.17, 15) is 13.2 Å². The van der Waals surface area contributed by atoms with Gasteiger partial charge < -0.3 is 15.2 Å². The molecule has 206 valence electrons. The van der Waals surface area contributed by atoms with Crippen LogP contribution < -0.4 is 15.2 Å². The van der Waals surface area contributed by atoms with E-state index in [-0.39, 0.29) is 22.8 Å². The fourth-order valence-corrected chi connectivity index (χ4v) is 4.04. The van der Waals surface area contributed by atoms with E-state index in [2.05, 4.69) is 10.1 Å². The van der Waals surface area contributed by atoms with Crippen molar-refractivity contribution in [2.75, 3.05) is 0 Å². The lowest BCUT2D eigenvalue weighted by Gasteiger charge is -2.17. The number of nitrogens with one attached hydrogen (secondary N) is 2. The summed E-state index contributed by atoms with van der Waals surface area (Å²) < 4.78 is 52.5. The zero-order valence-electron chi connectivity index (χ0n) is 21.7. The van der Waals surface area contributed by atoms with Gasteiger partial charge in [0.1, 0.15) is 34.4 Å². The van der Waals surface area contributed by atoms with E-state index >= 15 is 0 Å². The Hall–Kier alpha value is -5.38. The molecule has 0 aliphatic carbocycles. The molecule has 0 atom stereocenters. The Morgan fingerprint density at radius 2 is 1.41 bits per heavy atom. The summed E-state index contributed by atoms with van der Waals surface area (Å²) in [5.41, 5.74) is 6.32. The second kappa shape index (κ2) is 11.4. The number of nitrogens with zero attached hydrogens (tertiary/aromatic N) is 2. The van der Waals surface area contributed by atoms with Gasteiger partial charge in [0.2, 0.25) is 0 Å². The standard InChI is InChI=1S/C31H24F3N5O2/c1-19(35)15-23(36)24-16-20(17-25(37-24)26-18-29(39-38-26)31(32,33)34)30-27(40-21-9-4-2-5-10-21)13-8-14-28(30)41-22-11-6-3-7-12-22/h2-18,36H,35H2,1H3,(H,38,39). The summed E-state index contributed by atoms with van der Waals surface area (Å²) >= 11 is 0. The Morgan fingerprint density at radius 1 is 0.829 bits per heavy atom. The normalized spacial score (nSPS) is 11.8. The van der Waals surface area contributed by atoms with Gasteiger partial charge in [0, 0.05) is 5.70 Å². The molecule has 0 unspecified atom stereocenters. The van der Waals surface area contributed by atoms with Crippen LogP contribution in [0.4, 0.5) is 13.2 Å². The monoisotopic (exact) mass is 555 g/mol. The molecule has 0 aliphatic heterocycles. The van der Waals surface area contributed by atoms with E-state index in [0.29, 0.717) is 39.8 Å². The van der Waals surface area contributed by atoms with Crippen LogP contribution in [-0.4, -0.2) is 20.9 Å². The van der Waals surface area contributed by atoms with Crippen molar-refractivity contribution in [3.63, 3.8) is 0 Å². The lowest BCUT2D eigenvalue weighted by atomic mass is 10.00. The van der Waals surface area contributed by atoms with Crippen molar-refractivity contribution >= 4 is 5.71 Å². The van der Waals surface area contributed by atoms with Crippen LogP contribution >= 0.6 is 0 Å². The molecule has 5 rings (SSSR count). The Kier molecular flexibility index (Phi) is 7.55. The summed E-state index contributed by atoms with van der Waals surface area (Å²) in [4.78, 5) is 4.45. The van der Waals surface area contributed by atoms with E-state index in [1.165, 1.54) is 6.08 Å². The van der Waals surface area contributed by atoms with E-state index in [4.69, 9.17) is 20.6 Å². The summed E-state index contributed by atoms with van der Waals surface area (Å²) in [6, 6.07) is 27.6. The van der Waals surface area contributed by atoms with E-state index < -0.39 is 11.9 Å². The third-order valence-electron chi connectivity index (χ3n) is 5.84. The molecule has 7 nitrogen and oxygen atoms in total. The van der Waals surface area contributed by atoms with Crippen LogP contribution in [0.25, 0.3) is 22.5 Å². The molecule has 0 bridgehead atoms. The van der Waals surface area contributed by atoms with Gasteiger partial charge in [-0.1, -0.05) is 42.5 Å². The van der Waals surface area contributed by atoms with Gasteiger partial charge in [-0.05, 0) is 73.2 Å². The Labute approximate surface area is 233 Å². The predicted molar refractivity (Wildman–Crippen MR) is 150 cm³/mol. The van der Waals surface area contributed by atoms with Gasteiger partial charge in [0.15, 0.2) is 0 Å². The first-order valence-corrected chi connectivity index (χ1v) is 12.4. The summed E-state index contributed by atoms with van der Waals surface area (Å²) in [6.45, 7) is 1.62. The van der Waals surface area contributed by atoms with Crippen molar-refractivity contribution in [2.24, 2.45) is 5.73 Å². The number of benzene rings is 3. The molecule has 2 aromatic heterocycles. The minimum Gasteiger partial charge on any atom is -0.457 e. The smallest absolute Gasteiger partial charge is 0.432 e. The molecule has 2 heterocycles. The van der Waals surface area contributed by atoms with Crippen molar-refractivity contribution < 1.29 is 22.6 Å². The molecule has 10 heteroatoms. The number of aromatic nitrogens is 3. The first kappa shape index (κ1) is 27.2. The molecule has 0 radical (unpaired) electrons. The first-order valence-electron chi connectivity index (χ1n) is 12.4. The molecule has 0 spiro atoms. The van der Waals surface area contributed by atoms with Crippen LogP contribution in [0, 0.1) is 5.41 Å². The average molecular weight is 556 g/mol. The van der Waals surface area contributed by atoms with Gasteiger partial charge in [-0.25, -0.2) is 4.98 Å². The predicted octanol–water partition coefficient (Wildman–Crippen LogP) is 7.97. The van der Waals surface area contributed by atoms with Crippen LogP contribution in [0.1, 0.15) is 18.3 Å². The van der Waals surface area contributed by atoms with Crippen molar-refractivity contribution in [2.45, 2.75) is 13.1 Å². The molecule has 0 saturated carbocycles. The highest BCUT2D eigenvalue weighted by molar-refractivity contribution is 6.06. The molecule has 0 saturated heterocycles. The van der Waals surface area contributed by atoms with Crippen LogP contribution in [0.3, 0.4) is 0 Å². The Bertz CT molecular complexity index is 1650. The number of ether oxygens (including phenoxy) is 2. The summed E-state index contributed by atoms with van der Waals surface area (Å²) in [6.07, 6.45) is -3.21. The third kappa shape index (κ3) is 6.44. The topological polar surface area (TPSA) is 110 Å². The second-order valence-corrected chi connectivity index (χ2v) is 9.05. The highest BCUT2D eigenvalue weighted by atomic mass is 19.4. The molecule has 41 heavy (non-hydrogen) atoms. The number of halogens is 3. The van der Waals surface area contributed by atoms with Crippen LogP contribution in [0.15, 0.2) is 109 Å². The van der Waals surface area contributed by atoms with Gasteiger partial charge in [0.05, 0.1) is 22.7 Å². The quantitative estimate of drug-likeness (QED) is 0.168. The van der Waals surface area contributed by atoms with Crippen molar-refractivity contribution in [3.05, 3.63) is 120 Å². The SMILES string of the molecule is CC(N)=CC(=N)c1cc(-c2c(Oc3ccccc3)cccc2Oc2ccccc2)cc(-c2cc(C(F)(F)F)[nH]n2)n1. The molecule has 3 aromatic carbocycles. The van der Waals surface area contributed by atoms with Gasteiger partial charge in [-0.15, -0.1) is 0 Å². The highest BCUT2D eigenvalue weighted by Gasteiger charge is 2.33. The maximum absolute atomic E-state index is 13.4. The highest BCUT2D eigenvalue weighted by Crippen LogP contribution is 2.43. The number of H-pyrrole nitrogens is 1. The fraction of sp³-hybridized carbons (Fsp3) is 0.0645. The molecular formula is C31H24F3N5O2. The minimum atomic E-state index is -4.62. The molecule has 0 aliphatic rings. The number of nitrogens with two attached hydrogens (primary N) is 1. The molecule has 4 N–H and O–H groups in total. The zero-order valence-corrected chi connectivity index (χ0v) is 21.7. The van der Waals surface area contributed by atoms with E-state index in [1.807, 2.05) is 41.5 Å². The number of alkyl halides is 3. The van der Waals surface area contributed by atoms with Crippen molar-refractivity contribution in [3.8, 4) is 45.5 Å². The van der Waals surface area contributed by atoms with Crippen molar-refractivity contribution in [1.29, 1.82) is 5.41 Å². The first-order chi connectivity index (χ1) is 19.7. The minimum absolute atomic E-state index is 0.0355. The van der Waals surface area contributed by atoms with Crippen LogP contribution in [-0.2, 0) is 6.18 Å². The Balaban J connectivity index is 1.72. The maximum atomic E-state index is 13.4. The lowest BCUT2D eigenvalue weighted by molar-refractivity contribution is -0.141. The third-order valence-corrected chi connectivity index (χ3v) is 5.84. The number of aromatic amines is 1. The molecule has 0 fully saturated rings. The number of hydrogen-bond donors (Lipinski definition) is 3. The van der Waals surface area contributed by atoms with Crippen molar-refractivity contribution in [1.82, 2.24) is 15.2 Å². The van der Waals surface area contributed by atoms with Crippen LogP contribution in [0.5, 0.6) is 23.0 Å². The van der Waals surface area contributed by atoms with Gasteiger partial charge in [-0.3, -0.25) is 10.5 Å². The number of rotatable bonds is 8. The molecule has 5 aromatic rings. The number of allylic oxidation sites excluding steroid dienone is 2. The van der Waals surface area contributed by atoms with Gasteiger partial charge in [-0.2, -0.15) is 18.3 Å². The zero-order chi connectivity index (χ0) is 29.0. The second-order valence-electron chi connectivity index (χ2n) is 9.05. The Morgan fingerprint density at radius 3 is 1.93 bits per heavy atom. The summed E-state index contributed by atoms with van der Waals surface area (Å²) in [7, 11) is 0. The summed E-state index contributed by atoms with van der Waals surface area (Å²) in [5.74, 6) is 1.97. The summed E-state index contributed by atoms with van der Waals surface area (Å²) in [5, 5.41) is 14.4. The van der Waals surface area contributed by atoms with Gasteiger partial charge in [0.25, 0.3) is 0 Å². The van der Waals surface area contributed by atoms with Crippen LogP contribution in [0.2, 0.25) is 0 Å².